The van der Waals surface area contributed by atoms with Crippen LogP contribution in [-0.4, -0.2) is 27.8 Å². The molecular weight excluding hydrogens is 182 g/mol. The second-order valence-corrected chi connectivity index (χ2v) is 6.82. The van der Waals surface area contributed by atoms with Gasteiger partial charge >= 0.3 is 0 Å². The normalized spacial score (nSPS) is 17.0. The molecule has 0 spiro atoms. The van der Waals surface area contributed by atoms with Crippen LogP contribution in [0.1, 0.15) is 40.5 Å². The zero-order valence-corrected chi connectivity index (χ0v) is 10.3. The maximum absolute atomic E-state index is 11.6. The van der Waals surface area contributed by atoms with E-state index in [2.05, 4.69) is 12.2 Å². The maximum atomic E-state index is 11.6. The van der Waals surface area contributed by atoms with Crippen molar-refractivity contribution in [3.05, 3.63) is 0 Å². The third kappa shape index (κ3) is 6.22. The summed E-state index contributed by atoms with van der Waals surface area (Å²) >= 11 is 0. The number of hydrogen-bond acceptors (Lipinski definition) is 2. The molecule has 0 saturated carbocycles. The van der Waals surface area contributed by atoms with E-state index in [-0.39, 0.29) is 4.75 Å². The minimum absolute atomic E-state index is 0.0527. The zero-order chi connectivity index (χ0) is 10.5. The highest BCUT2D eigenvalue weighted by molar-refractivity contribution is 7.86. The maximum Gasteiger partial charge on any atom is 0.0375 e. The molecule has 80 valence electrons. The highest BCUT2D eigenvalue weighted by Gasteiger charge is 2.18. The molecule has 0 aromatic carbocycles. The second kappa shape index (κ2) is 5.76. The highest BCUT2D eigenvalue weighted by atomic mass is 32.2. The summed E-state index contributed by atoms with van der Waals surface area (Å²) in [6, 6.07) is 0.539. The third-order valence-electron chi connectivity index (χ3n) is 2.14. The van der Waals surface area contributed by atoms with E-state index in [1.54, 1.807) is 0 Å². The lowest BCUT2D eigenvalue weighted by Gasteiger charge is -2.18. The van der Waals surface area contributed by atoms with Gasteiger partial charge in [-0.15, -0.1) is 0 Å². The minimum Gasteiger partial charge on any atom is -0.317 e. The average Bonchev–Trinajstić information content (AvgIpc) is 2.02. The van der Waals surface area contributed by atoms with Crippen molar-refractivity contribution < 1.29 is 4.21 Å². The number of nitrogens with one attached hydrogen (secondary N) is 1. The Hall–Kier alpha value is 0.110. The second-order valence-electron chi connectivity index (χ2n) is 4.49. The number of rotatable bonds is 5. The van der Waals surface area contributed by atoms with Gasteiger partial charge in [-0.1, -0.05) is 0 Å². The van der Waals surface area contributed by atoms with Crippen LogP contribution >= 0.6 is 0 Å². The van der Waals surface area contributed by atoms with Gasteiger partial charge in [0.15, 0.2) is 0 Å². The van der Waals surface area contributed by atoms with Crippen molar-refractivity contribution in [2.45, 2.75) is 51.3 Å². The zero-order valence-electron chi connectivity index (χ0n) is 9.52. The lowest BCUT2D eigenvalue weighted by molar-refractivity contribution is 0.555. The van der Waals surface area contributed by atoms with E-state index in [0.29, 0.717) is 6.04 Å². The van der Waals surface area contributed by atoms with Crippen LogP contribution in [0.3, 0.4) is 0 Å². The summed E-state index contributed by atoms with van der Waals surface area (Å²) in [4.78, 5) is 0. The van der Waals surface area contributed by atoms with Crippen molar-refractivity contribution in [1.29, 1.82) is 0 Å². The van der Waals surface area contributed by atoms with Gasteiger partial charge in [0.25, 0.3) is 0 Å². The Morgan fingerprint density at radius 2 is 1.92 bits per heavy atom. The van der Waals surface area contributed by atoms with Crippen molar-refractivity contribution >= 4 is 10.8 Å². The molecule has 2 nitrogen and oxygen atoms in total. The summed E-state index contributed by atoms with van der Waals surface area (Å²) in [6.45, 7) is 8.25. The van der Waals surface area contributed by atoms with Gasteiger partial charge in [0.2, 0.25) is 0 Å². The standard InChI is InChI=1S/C10H23NOS/c1-9(11-5)7-6-8-13(12)10(2,3)4/h9,11H,6-8H2,1-5H3. The molecule has 3 heteroatoms. The topological polar surface area (TPSA) is 29.1 Å². The fourth-order valence-electron chi connectivity index (χ4n) is 0.971. The Morgan fingerprint density at radius 3 is 2.31 bits per heavy atom. The predicted octanol–water partition coefficient (Wildman–Crippen LogP) is 1.92. The molecule has 0 rings (SSSR count). The molecule has 0 amide bonds. The first-order valence-electron chi connectivity index (χ1n) is 4.93. The number of hydrogen-bond donors (Lipinski definition) is 1. The Kier molecular flexibility index (Phi) is 5.81. The highest BCUT2D eigenvalue weighted by Crippen LogP contribution is 2.13. The molecule has 0 aliphatic carbocycles. The van der Waals surface area contributed by atoms with E-state index in [1.165, 1.54) is 0 Å². The van der Waals surface area contributed by atoms with Gasteiger partial charge in [-0.05, 0) is 47.6 Å². The fourth-order valence-corrected chi connectivity index (χ4v) is 2.01. The lowest BCUT2D eigenvalue weighted by Crippen LogP contribution is -2.26. The van der Waals surface area contributed by atoms with Crippen LogP contribution in [0.4, 0.5) is 0 Å². The molecule has 0 heterocycles. The van der Waals surface area contributed by atoms with Crippen molar-refractivity contribution in [2.75, 3.05) is 12.8 Å². The summed E-state index contributed by atoms with van der Waals surface area (Å²) in [7, 11) is 1.28. The van der Waals surface area contributed by atoms with Crippen molar-refractivity contribution in [3.8, 4) is 0 Å². The van der Waals surface area contributed by atoms with E-state index in [0.717, 1.165) is 18.6 Å². The molecular formula is C10H23NOS. The van der Waals surface area contributed by atoms with Gasteiger partial charge in [0.1, 0.15) is 0 Å². The van der Waals surface area contributed by atoms with Crippen LogP contribution < -0.4 is 5.32 Å². The van der Waals surface area contributed by atoms with Crippen molar-refractivity contribution in [1.82, 2.24) is 5.32 Å². The third-order valence-corrected chi connectivity index (χ3v) is 4.17. The van der Waals surface area contributed by atoms with Gasteiger partial charge in [-0.25, -0.2) is 0 Å². The van der Waals surface area contributed by atoms with Gasteiger partial charge in [0, 0.05) is 27.3 Å². The molecule has 0 fully saturated rings. The summed E-state index contributed by atoms with van der Waals surface area (Å²) in [5, 5.41) is 3.18. The van der Waals surface area contributed by atoms with Crippen LogP contribution in [0.25, 0.3) is 0 Å². The molecule has 2 atom stereocenters. The molecule has 0 aromatic heterocycles. The van der Waals surface area contributed by atoms with Crippen LogP contribution in [0.2, 0.25) is 0 Å². The van der Waals surface area contributed by atoms with Crippen LogP contribution in [0, 0.1) is 0 Å². The summed E-state index contributed by atoms with van der Waals surface area (Å²) < 4.78 is 11.6. The van der Waals surface area contributed by atoms with E-state index in [1.807, 2.05) is 27.8 Å². The molecule has 0 saturated heterocycles. The molecule has 2 unspecified atom stereocenters. The monoisotopic (exact) mass is 205 g/mol. The fraction of sp³-hybridized carbons (Fsp3) is 1.00. The summed E-state index contributed by atoms with van der Waals surface area (Å²) in [6.07, 6.45) is 2.16. The van der Waals surface area contributed by atoms with E-state index in [9.17, 15) is 4.21 Å². The quantitative estimate of drug-likeness (QED) is 0.743. The largest absolute Gasteiger partial charge is 0.317 e. The van der Waals surface area contributed by atoms with Gasteiger partial charge in [0.05, 0.1) is 0 Å². The molecule has 0 bridgehead atoms. The molecule has 0 aliphatic rings. The Morgan fingerprint density at radius 1 is 1.38 bits per heavy atom. The van der Waals surface area contributed by atoms with E-state index >= 15 is 0 Å². The molecule has 0 aromatic rings. The smallest absolute Gasteiger partial charge is 0.0375 e. The predicted molar refractivity (Wildman–Crippen MR) is 60.5 cm³/mol. The van der Waals surface area contributed by atoms with Crippen molar-refractivity contribution in [3.63, 3.8) is 0 Å². The Balaban J connectivity index is 3.60. The molecule has 1 N–H and O–H groups in total. The van der Waals surface area contributed by atoms with Gasteiger partial charge < -0.3 is 5.32 Å². The van der Waals surface area contributed by atoms with Crippen LogP contribution in [0.15, 0.2) is 0 Å². The lowest BCUT2D eigenvalue weighted by atomic mass is 10.2. The van der Waals surface area contributed by atoms with E-state index in [4.69, 9.17) is 0 Å². The van der Waals surface area contributed by atoms with Crippen LogP contribution in [-0.2, 0) is 10.8 Å². The molecule has 0 aliphatic heterocycles. The average molecular weight is 205 g/mol. The summed E-state index contributed by atoms with van der Waals surface area (Å²) in [5.74, 6) is 0.829. The van der Waals surface area contributed by atoms with E-state index < -0.39 is 10.8 Å². The molecule has 0 radical (unpaired) electrons. The SMILES string of the molecule is CNC(C)CCCS(=O)C(C)(C)C. The first kappa shape index (κ1) is 13.1. The first-order valence-corrected chi connectivity index (χ1v) is 6.25. The first-order chi connectivity index (χ1) is 5.88. The minimum atomic E-state index is -0.684. The van der Waals surface area contributed by atoms with Crippen LogP contribution in [0.5, 0.6) is 0 Å². The van der Waals surface area contributed by atoms with Gasteiger partial charge in [-0.2, -0.15) is 0 Å². The summed E-state index contributed by atoms with van der Waals surface area (Å²) in [5.41, 5.74) is 0. The molecule has 13 heavy (non-hydrogen) atoms. The Labute approximate surface area is 84.9 Å². The van der Waals surface area contributed by atoms with Crippen molar-refractivity contribution in [2.24, 2.45) is 0 Å². The van der Waals surface area contributed by atoms with Gasteiger partial charge in [-0.3, -0.25) is 4.21 Å². The Bertz CT molecular complexity index is 163.